The number of hydrogen-bond acceptors (Lipinski definition) is 4. The molecule has 0 aliphatic heterocycles. The molecule has 0 aromatic rings. The molecule has 1 fully saturated rings. The van der Waals surface area contributed by atoms with Crippen molar-refractivity contribution in [3.8, 4) is 0 Å². The van der Waals surface area contributed by atoms with Crippen LogP contribution < -0.4 is 0 Å². The quantitative estimate of drug-likeness (QED) is 0.388. The van der Waals surface area contributed by atoms with E-state index in [9.17, 15) is 9.59 Å². The second kappa shape index (κ2) is 6.87. The van der Waals surface area contributed by atoms with Gasteiger partial charge in [-0.15, -0.1) is 0 Å². The first-order valence-electron chi connectivity index (χ1n) is 5.73. The first kappa shape index (κ1) is 17.4. The molecule has 0 aromatic carbocycles. The molecular weight excluding hydrogens is 421 g/mol. The van der Waals surface area contributed by atoms with Crippen LogP contribution in [0.15, 0.2) is 9.67 Å². The van der Waals surface area contributed by atoms with Gasteiger partial charge in [0, 0.05) is 0 Å². The minimum absolute atomic E-state index is 0.324. The minimum atomic E-state index is -3.84. The zero-order chi connectivity index (χ0) is 14.7. The van der Waals surface area contributed by atoms with Crippen molar-refractivity contribution >= 4 is 53.7 Å². The average Bonchev–Trinajstić information content (AvgIpc) is 2.35. The van der Waals surface area contributed by atoms with E-state index in [2.05, 4.69) is 0 Å². The van der Waals surface area contributed by atoms with E-state index in [0.29, 0.717) is 18.4 Å². The first-order valence-corrected chi connectivity index (χ1v) is 18.2. The number of carbonyl (C=O) groups excluding carboxylic acids is 2. The van der Waals surface area contributed by atoms with Gasteiger partial charge in [0.05, 0.1) is 0 Å². The van der Waals surface area contributed by atoms with E-state index in [1.54, 1.807) is 0 Å². The van der Waals surface area contributed by atoms with Crippen molar-refractivity contribution in [1.29, 1.82) is 0 Å². The molecule has 1 aliphatic carbocycles. The molecule has 108 valence electrons. The van der Waals surface area contributed by atoms with Gasteiger partial charge in [0.25, 0.3) is 0 Å². The Kier molecular flexibility index (Phi) is 6.29. The normalized spacial score (nSPS) is 21.0. The number of methoxy groups -OCH3 is 2. The fourth-order valence-electron chi connectivity index (χ4n) is 2.37. The molecule has 0 bridgehead atoms. The van der Waals surface area contributed by atoms with Crippen molar-refractivity contribution in [3.05, 3.63) is 9.67 Å². The second-order valence-corrected chi connectivity index (χ2v) is 24.1. The van der Waals surface area contributed by atoms with Crippen LogP contribution in [-0.4, -0.2) is 41.2 Å². The number of rotatable bonds is 3. The van der Waals surface area contributed by atoms with Crippen molar-refractivity contribution in [2.75, 3.05) is 14.2 Å². The van der Waals surface area contributed by atoms with Crippen molar-refractivity contribution in [2.45, 2.75) is 25.7 Å². The Morgan fingerprint density at radius 3 is 2.11 bits per heavy atom. The van der Waals surface area contributed by atoms with Gasteiger partial charge < -0.3 is 0 Å². The number of hydrogen-bond donors (Lipinski definition) is 0. The molecule has 19 heavy (non-hydrogen) atoms. The number of esters is 2. The Balaban J connectivity index is 3.35. The third-order valence-corrected chi connectivity index (χ3v) is 7.33. The van der Waals surface area contributed by atoms with Crippen LogP contribution in [0.1, 0.15) is 25.7 Å². The van der Waals surface area contributed by atoms with Crippen molar-refractivity contribution in [1.82, 2.24) is 0 Å². The summed E-state index contributed by atoms with van der Waals surface area (Å²) >= 11 is -3.84. The summed E-state index contributed by atoms with van der Waals surface area (Å²) < 4.78 is 11.1. The van der Waals surface area contributed by atoms with E-state index in [4.69, 9.17) is 36.2 Å². The number of ether oxygens (including phenoxy) is 2. The predicted molar refractivity (Wildman–Crippen MR) is 76.3 cm³/mol. The summed E-state index contributed by atoms with van der Waals surface area (Å²) in [6, 6.07) is 0. The van der Waals surface area contributed by atoms with E-state index >= 15 is 0 Å². The van der Waals surface area contributed by atoms with Gasteiger partial charge >= 0.3 is 128 Å². The van der Waals surface area contributed by atoms with Gasteiger partial charge in [-0.05, 0) is 0 Å². The molecule has 0 N–H and O–H groups in total. The second-order valence-electron chi connectivity index (χ2n) is 4.31. The van der Waals surface area contributed by atoms with Crippen LogP contribution in [0.3, 0.4) is 0 Å². The summed E-state index contributed by atoms with van der Waals surface area (Å²) in [6.45, 7) is 0. The third kappa shape index (κ3) is 3.92. The van der Waals surface area contributed by atoms with Crippen LogP contribution in [0.4, 0.5) is 0 Å². The molecule has 0 atom stereocenters. The molecule has 1 aliphatic rings. The van der Waals surface area contributed by atoms with Gasteiger partial charge in [-0.1, -0.05) is 0 Å². The van der Waals surface area contributed by atoms with E-state index in [1.807, 2.05) is 0 Å². The zero-order valence-electron chi connectivity index (χ0n) is 10.7. The maximum absolute atomic E-state index is 12.1. The fraction of sp³-hybridized carbons (Fsp3) is 0.636. The van der Waals surface area contributed by atoms with Gasteiger partial charge in [-0.25, -0.2) is 0 Å². The van der Waals surface area contributed by atoms with Crippen LogP contribution >= 0.6 is 26.8 Å². The third-order valence-electron chi connectivity index (χ3n) is 3.20. The fourth-order valence-corrected chi connectivity index (χ4v) is 7.26. The summed E-state index contributed by atoms with van der Waals surface area (Å²) in [5.41, 5.74) is -0.906. The molecule has 4 nitrogen and oxygen atoms in total. The summed E-state index contributed by atoms with van der Waals surface area (Å²) in [7, 11) is 20.3. The Morgan fingerprint density at radius 1 is 1.16 bits per heavy atom. The Hall–Kier alpha value is 0.349. The average molecular weight is 436 g/mol. The van der Waals surface area contributed by atoms with Gasteiger partial charge in [0.2, 0.25) is 0 Å². The Labute approximate surface area is 127 Å². The number of halogens is 3. The van der Waals surface area contributed by atoms with Crippen LogP contribution in [0.25, 0.3) is 0 Å². The molecule has 1 saturated carbocycles. The van der Waals surface area contributed by atoms with E-state index in [-0.39, 0.29) is 0 Å². The van der Waals surface area contributed by atoms with Gasteiger partial charge in [0.15, 0.2) is 0 Å². The molecular formula is C11H15Cl3O4Sn. The summed E-state index contributed by atoms with van der Waals surface area (Å²) in [4.78, 5) is 24.2. The summed E-state index contributed by atoms with van der Waals surface area (Å²) in [5.74, 6) is -1.29. The van der Waals surface area contributed by atoms with Crippen LogP contribution in [0.5, 0.6) is 0 Å². The Bertz CT molecular complexity index is 387. The van der Waals surface area contributed by atoms with Crippen molar-refractivity contribution < 1.29 is 19.1 Å². The molecule has 0 heterocycles. The molecule has 0 spiro atoms. The molecule has 0 aromatic heterocycles. The topological polar surface area (TPSA) is 52.6 Å². The Morgan fingerprint density at radius 2 is 1.68 bits per heavy atom. The summed E-state index contributed by atoms with van der Waals surface area (Å²) in [6.07, 6.45) is 2.42. The first-order chi connectivity index (χ1) is 8.78. The van der Waals surface area contributed by atoms with Crippen molar-refractivity contribution in [3.63, 3.8) is 0 Å². The molecule has 0 unspecified atom stereocenters. The molecule has 0 amide bonds. The van der Waals surface area contributed by atoms with Crippen molar-refractivity contribution in [2.24, 2.45) is 5.41 Å². The van der Waals surface area contributed by atoms with Crippen LogP contribution in [0.2, 0.25) is 0 Å². The standard InChI is InChI=1S/C11H15O4.3ClH.Sn/c1-8-6-4-5-7-11(8,9(12)14-2)10(13)15-3;;;;/h1H,4-7H2,2-3H3;3*1H;/q;;;;+3/p-3. The maximum atomic E-state index is 12.1. The SMILES string of the molecule is COC(=O)C1(C(=O)OC)CCCC/C1=[CH]/[Sn]([Cl])([Cl])[Cl]. The number of carbonyl (C=O) groups is 2. The van der Waals surface area contributed by atoms with Gasteiger partial charge in [-0.3, -0.25) is 0 Å². The van der Waals surface area contributed by atoms with E-state index in [1.165, 1.54) is 18.3 Å². The van der Waals surface area contributed by atoms with Gasteiger partial charge in [0.1, 0.15) is 0 Å². The monoisotopic (exact) mass is 436 g/mol. The van der Waals surface area contributed by atoms with Gasteiger partial charge in [-0.2, -0.15) is 0 Å². The molecule has 0 radical (unpaired) electrons. The molecule has 0 saturated heterocycles. The summed E-state index contributed by atoms with van der Waals surface area (Å²) in [5, 5.41) is 0. The zero-order valence-corrected chi connectivity index (χ0v) is 15.8. The molecule has 8 heteroatoms. The van der Waals surface area contributed by atoms with Crippen LogP contribution in [-0.2, 0) is 19.1 Å². The molecule has 1 rings (SSSR count). The predicted octanol–water partition coefficient (Wildman–Crippen LogP) is 3.01. The van der Waals surface area contributed by atoms with Crippen LogP contribution in [0, 0.1) is 5.41 Å². The van der Waals surface area contributed by atoms with E-state index in [0.717, 1.165) is 12.8 Å². The van der Waals surface area contributed by atoms with E-state index < -0.39 is 32.4 Å².